The van der Waals surface area contributed by atoms with E-state index in [2.05, 4.69) is 15.9 Å². The molecule has 1 aromatic carbocycles. The first-order chi connectivity index (χ1) is 9.00. The average molecular weight is 328 g/mol. The molecular formula is C12H14BrN3O3. The number of carbonyl (C=O) groups excluding carboxylic acids is 2. The first-order valence-electron chi connectivity index (χ1n) is 5.73. The van der Waals surface area contributed by atoms with E-state index in [4.69, 9.17) is 16.2 Å². The molecule has 102 valence electrons. The number of ether oxygens (including phenoxy) is 1. The Labute approximate surface area is 118 Å². The molecule has 1 atom stereocenters. The minimum Gasteiger partial charge on any atom is -0.398 e. The highest BCUT2D eigenvalue weighted by Crippen LogP contribution is 2.22. The first-order valence-corrected chi connectivity index (χ1v) is 6.53. The third kappa shape index (κ3) is 2.87. The number of hydrogen-bond acceptors (Lipinski definition) is 4. The van der Waals surface area contributed by atoms with Crippen LogP contribution >= 0.6 is 15.9 Å². The molecule has 0 bridgehead atoms. The summed E-state index contributed by atoms with van der Waals surface area (Å²) in [6, 6.07) is 4.18. The summed E-state index contributed by atoms with van der Waals surface area (Å²) in [6.07, 6.45) is 0. The van der Waals surface area contributed by atoms with E-state index in [1.165, 1.54) is 4.90 Å². The summed E-state index contributed by atoms with van der Waals surface area (Å²) >= 11 is 3.27. The largest absolute Gasteiger partial charge is 0.398 e. The second-order valence-electron chi connectivity index (χ2n) is 4.23. The van der Waals surface area contributed by atoms with Gasteiger partial charge in [0, 0.05) is 22.3 Å². The number of nitrogens with zero attached hydrogens (tertiary/aromatic N) is 1. The number of benzene rings is 1. The van der Waals surface area contributed by atoms with Gasteiger partial charge in [-0.25, -0.2) is 0 Å². The van der Waals surface area contributed by atoms with Gasteiger partial charge in [0.15, 0.2) is 0 Å². The molecule has 4 N–H and O–H groups in total. The summed E-state index contributed by atoms with van der Waals surface area (Å²) in [4.78, 5) is 25.1. The Hall–Kier alpha value is -1.60. The maximum Gasteiger partial charge on any atom is 0.254 e. The van der Waals surface area contributed by atoms with Gasteiger partial charge in [-0.1, -0.05) is 0 Å². The van der Waals surface area contributed by atoms with Gasteiger partial charge in [0.05, 0.1) is 13.2 Å². The Morgan fingerprint density at radius 1 is 1.42 bits per heavy atom. The molecule has 2 rings (SSSR count). The minimum absolute atomic E-state index is 0.132. The lowest BCUT2D eigenvalue weighted by atomic mass is 10.1. The van der Waals surface area contributed by atoms with Crippen molar-refractivity contribution in [3.63, 3.8) is 0 Å². The van der Waals surface area contributed by atoms with E-state index in [0.29, 0.717) is 24.4 Å². The Bertz CT molecular complexity index is 521. The van der Waals surface area contributed by atoms with E-state index < -0.39 is 11.9 Å². The zero-order valence-corrected chi connectivity index (χ0v) is 11.7. The Balaban J connectivity index is 2.26. The summed E-state index contributed by atoms with van der Waals surface area (Å²) in [5.41, 5.74) is 11.9. The standard InChI is InChI=1S/C12H14BrN3O3/c13-8-2-1-7(5-9(8)14)12(18)16-3-4-19-6-10(16)11(15)17/h1-2,5,10H,3-4,6,14H2,(H2,15,17). The molecule has 7 heteroatoms. The molecule has 0 aliphatic carbocycles. The summed E-state index contributed by atoms with van der Waals surface area (Å²) in [5, 5.41) is 0. The number of primary amides is 1. The topological polar surface area (TPSA) is 98.7 Å². The van der Waals surface area contributed by atoms with E-state index in [-0.39, 0.29) is 12.5 Å². The molecule has 0 spiro atoms. The Kier molecular flexibility index (Phi) is 4.06. The van der Waals surface area contributed by atoms with E-state index >= 15 is 0 Å². The third-order valence-corrected chi connectivity index (χ3v) is 3.68. The number of morpholine rings is 1. The number of hydrogen-bond donors (Lipinski definition) is 2. The molecule has 0 aromatic heterocycles. The summed E-state index contributed by atoms with van der Waals surface area (Å²) < 4.78 is 5.90. The van der Waals surface area contributed by atoms with Crippen molar-refractivity contribution in [3.8, 4) is 0 Å². The first kappa shape index (κ1) is 13.8. The van der Waals surface area contributed by atoms with Gasteiger partial charge in [-0.15, -0.1) is 0 Å². The van der Waals surface area contributed by atoms with Crippen LogP contribution in [-0.2, 0) is 9.53 Å². The maximum absolute atomic E-state index is 12.4. The molecule has 19 heavy (non-hydrogen) atoms. The zero-order chi connectivity index (χ0) is 14.0. The van der Waals surface area contributed by atoms with Crippen molar-refractivity contribution in [2.45, 2.75) is 6.04 Å². The lowest BCUT2D eigenvalue weighted by Crippen LogP contribution is -2.54. The van der Waals surface area contributed by atoms with E-state index in [1.807, 2.05) is 0 Å². The number of nitrogen functional groups attached to an aromatic ring is 1. The van der Waals surface area contributed by atoms with Crippen molar-refractivity contribution in [2.24, 2.45) is 5.73 Å². The van der Waals surface area contributed by atoms with Crippen molar-refractivity contribution in [1.82, 2.24) is 4.90 Å². The molecule has 1 fully saturated rings. The van der Waals surface area contributed by atoms with Gasteiger partial charge in [0.1, 0.15) is 6.04 Å². The summed E-state index contributed by atoms with van der Waals surface area (Å²) in [5.74, 6) is -0.843. The third-order valence-electron chi connectivity index (χ3n) is 2.96. The lowest BCUT2D eigenvalue weighted by Gasteiger charge is -2.33. The minimum atomic E-state index is -0.730. The SMILES string of the molecule is NC(=O)C1COCCN1C(=O)c1ccc(Br)c(N)c1. The van der Waals surface area contributed by atoms with Crippen LogP contribution in [0.25, 0.3) is 0 Å². The summed E-state index contributed by atoms with van der Waals surface area (Å²) in [6.45, 7) is 0.858. The molecule has 0 saturated carbocycles. The van der Waals surface area contributed by atoms with E-state index in [1.54, 1.807) is 18.2 Å². The molecule has 6 nitrogen and oxygen atoms in total. The van der Waals surface area contributed by atoms with Crippen LogP contribution in [-0.4, -0.2) is 42.5 Å². The van der Waals surface area contributed by atoms with Gasteiger partial charge in [0.25, 0.3) is 5.91 Å². The average Bonchev–Trinajstić information content (AvgIpc) is 2.41. The number of halogens is 1. The van der Waals surface area contributed by atoms with Crippen molar-refractivity contribution in [1.29, 1.82) is 0 Å². The highest BCUT2D eigenvalue weighted by molar-refractivity contribution is 9.10. The summed E-state index contributed by atoms with van der Waals surface area (Å²) in [7, 11) is 0. The van der Waals surface area contributed by atoms with E-state index in [9.17, 15) is 9.59 Å². The zero-order valence-electron chi connectivity index (χ0n) is 10.1. The van der Waals surface area contributed by atoms with Crippen molar-refractivity contribution < 1.29 is 14.3 Å². The fraction of sp³-hybridized carbons (Fsp3) is 0.333. The number of rotatable bonds is 2. The lowest BCUT2D eigenvalue weighted by molar-refractivity contribution is -0.127. The van der Waals surface area contributed by atoms with Gasteiger partial charge >= 0.3 is 0 Å². The number of carbonyl (C=O) groups is 2. The molecule has 1 saturated heterocycles. The normalized spacial score (nSPS) is 19.2. The fourth-order valence-electron chi connectivity index (χ4n) is 1.93. The smallest absolute Gasteiger partial charge is 0.254 e. The quantitative estimate of drug-likeness (QED) is 0.766. The van der Waals surface area contributed by atoms with Crippen LogP contribution in [0.3, 0.4) is 0 Å². The molecular weight excluding hydrogens is 314 g/mol. The number of amides is 2. The van der Waals surface area contributed by atoms with Gasteiger partial charge in [-0.05, 0) is 34.1 Å². The van der Waals surface area contributed by atoms with Crippen molar-refractivity contribution in [2.75, 3.05) is 25.5 Å². The predicted octanol–water partition coefficient (Wildman–Crippen LogP) is 0.358. The fourth-order valence-corrected chi connectivity index (χ4v) is 2.17. The molecule has 2 amide bonds. The van der Waals surface area contributed by atoms with Crippen LogP contribution in [0.4, 0.5) is 5.69 Å². The maximum atomic E-state index is 12.4. The molecule has 1 aliphatic rings. The highest BCUT2D eigenvalue weighted by atomic mass is 79.9. The number of nitrogens with two attached hydrogens (primary N) is 2. The van der Waals surface area contributed by atoms with E-state index in [0.717, 1.165) is 4.47 Å². The van der Waals surface area contributed by atoms with Crippen LogP contribution < -0.4 is 11.5 Å². The van der Waals surface area contributed by atoms with Crippen LogP contribution in [0.15, 0.2) is 22.7 Å². The van der Waals surface area contributed by atoms with Crippen LogP contribution in [0.1, 0.15) is 10.4 Å². The number of anilines is 1. The molecule has 1 aliphatic heterocycles. The monoisotopic (exact) mass is 327 g/mol. The molecule has 1 unspecified atom stereocenters. The van der Waals surface area contributed by atoms with Crippen LogP contribution in [0.2, 0.25) is 0 Å². The van der Waals surface area contributed by atoms with Crippen LogP contribution in [0, 0.1) is 0 Å². The van der Waals surface area contributed by atoms with Gasteiger partial charge in [0.2, 0.25) is 5.91 Å². The molecule has 1 heterocycles. The van der Waals surface area contributed by atoms with Crippen molar-refractivity contribution in [3.05, 3.63) is 28.2 Å². The molecule has 0 radical (unpaired) electrons. The van der Waals surface area contributed by atoms with Gasteiger partial charge < -0.3 is 21.1 Å². The van der Waals surface area contributed by atoms with Gasteiger partial charge in [-0.3, -0.25) is 9.59 Å². The Morgan fingerprint density at radius 3 is 2.79 bits per heavy atom. The van der Waals surface area contributed by atoms with Gasteiger partial charge in [-0.2, -0.15) is 0 Å². The Morgan fingerprint density at radius 2 is 2.16 bits per heavy atom. The van der Waals surface area contributed by atoms with Crippen LogP contribution in [0.5, 0.6) is 0 Å². The second kappa shape index (κ2) is 5.58. The highest BCUT2D eigenvalue weighted by Gasteiger charge is 2.31. The van der Waals surface area contributed by atoms with Crippen molar-refractivity contribution >= 4 is 33.4 Å². The second-order valence-corrected chi connectivity index (χ2v) is 5.08. The predicted molar refractivity (Wildman–Crippen MR) is 73.4 cm³/mol. The molecule has 1 aromatic rings.